The van der Waals surface area contributed by atoms with E-state index in [9.17, 15) is 4.79 Å². The van der Waals surface area contributed by atoms with Crippen LogP contribution in [0.3, 0.4) is 0 Å². The summed E-state index contributed by atoms with van der Waals surface area (Å²) in [5.41, 5.74) is 4.27. The molecule has 0 saturated carbocycles. The molecular weight excluding hydrogens is 392 g/mol. The first kappa shape index (κ1) is 19.6. The normalized spacial score (nSPS) is 20.9. The fraction of sp³-hybridized carbons (Fsp3) is 0.304. The number of ether oxygens (including phenoxy) is 1. The van der Waals surface area contributed by atoms with Gasteiger partial charge in [0.05, 0.1) is 25.3 Å². The first-order valence-corrected chi connectivity index (χ1v) is 10.4. The van der Waals surface area contributed by atoms with Crippen molar-refractivity contribution in [2.75, 3.05) is 18.4 Å². The lowest BCUT2D eigenvalue weighted by molar-refractivity contribution is -0.120. The first-order valence-electron chi connectivity index (χ1n) is 10.4. The van der Waals surface area contributed by atoms with E-state index in [2.05, 4.69) is 50.0 Å². The smallest absolute Gasteiger partial charge is 0.241 e. The number of rotatable bonds is 6. The SMILES string of the molecule is O=C(Nc1ccc2c(c1)COC2)[C@@H]1C[C@@H](n2cnnn2)CN1C/C=C/c1ccccc1. The van der Waals surface area contributed by atoms with E-state index in [0.29, 0.717) is 32.7 Å². The molecule has 0 radical (unpaired) electrons. The standard InChI is InChI=1S/C23H24N6O2/c30-23(25-20-9-8-18-14-31-15-19(18)11-20)22-12-21(29-16-24-26-27-29)13-28(22)10-4-7-17-5-2-1-3-6-17/h1-9,11,16,21-22H,10,12-15H2,(H,25,30)/b7-4+/t21-,22+/m1/s1. The third-order valence-electron chi connectivity index (χ3n) is 5.86. The number of hydrogen-bond acceptors (Lipinski definition) is 6. The molecule has 3 aromatic rings. The Labute approximate surface area is 180 Å². The number of anilines is 1. The first-order chi connectivity index (χ1) is 15.3. The molecule has 0 aliphatic carbocycles. The Morgan fingerprint density at radius 2 is 2.03 bits per heavy atom. The summed E-state index contributed by atoms with van der Waals surface area (Å²) in [6.45, 7) is 2.62. The van der Waals surface area contributed by atoms with Gasteiger partial charge in [0.2, 0.25) is 5.91 Å². The molecule has 0 spiro atoms. The Kier molecular flexibility index (Phi) is 5.56. The predicted octanol–water partition coefficient (Wildman–Crippen LogP) is 2.67. The maximum atomic E-state index is 13.2. The van der Waals surface area contributed by atoms with Gasteiger partial charge in [-0.05, 0) is 45.7 Å². The van der Waals surface area contributed by atoms with E-state index < -0.39 is 0 Å². The summed E-state index contributed by atoms with van der Waals surface area (Å²) < 4.78 is 7.22. The van der Waals surface area contributed by atoms with E-state index in [1.807, 2.05) is 36.4 Å². The quantitative estimate of drug-likeness (QED) is 0.665. The molecule has 1 saturated heterocycles. The lowest BCUT2D eigenvalue weighted by Gasteiger charge is -2.22. The number of nitrogens with one attached hydrogen (secondary N) is 1. The Balaban J connectivity index is 1.30. The number of carbonyl (C=O) groups is 1. The molecule has 2 aliphatic heterocycles. The molecule has 1 fully saturated rings. The lowest BCUT2D eigenvalue weighted by Crippen LogP contribution is -2.39. The average molecular weight is 416 g/mol. The van der Waals surface area contributed by atoms with E-state index in [1.54, 1.807) is 11.0 Å². The molecule has 1 N–H and O–H groups in total. The summed E-state index contributed by atoms with van der Waals surface area (Å²) in [5.74, 6) is -0.0115. The largest absolute Gasteiger partial charge is 0.372 e. The molecule has 0 bridgehead atoms. The lowest BCUT2D eigenvalue weighted by atomic mass is 10.1. The number of tetrazole rings is 1. The summed E-state index contributed by atoms with van der Waals surface area (Å²) in [4.78, 5) is 15.4. The third kappa shape index (κ3) is 4.40. The van der Waals surface area contributed by atoms with E-state index in [1.165, 1.54) is 5.56 Å². The summed E-state index contributed by atoms with van der Waals surface area (Å²) in [6.07, 6.45) is 6.46. The van der Waals surface area contributed by atoms with Crippen molar-refractivity contribution in [2.45, 2.75) is 31.7 Å². The van der Waals surface area contributed by atoms with Crippen LogP contribution in [0.1, 0.15) is 29.2 Å². The van der Waals surface area contributed by atoms with Crippen LogP contribution in [0, 0.1) is 0 Å². The van der Waals surface area contributed by atoms with Crippen LogP contribution in [0.15, 0.2) is 60.9 Å². The van der Waals surface area contributed by atoms with Crippen molar-refractivity contribution in [1.29, 1.82) is 0 Å². The molecular formula is C23H24N6O2. The second-order valence-electron chi connectivity index (χ2n) is 7.93. The molecule has 8 heteroatoms. The zero-order chi connectivity index (χ0) is 21.0. The van der Waals surface area contributed by atoms with Gasteiger partial charge in [-0.1, -0.05) is 48.6 Å². The fourth-order valence-electron chi connectivity index (χ4n) is 4.24. The Bertz CT molecular complexity index is 1070. The minimum absolute atomic E-state index is 0.0115. The number of aromatic nitrogens is 4. The maximum Gasteiger partial charge on any atom is 0.241 e. The topological polar surface area (TPSA) is 85.2 Å². The number of likely N-dealkylation sites (tertiary alicyclic amines) is 1. The van der Waals surface area contributed by atoms with Gasteiger partial charge in [-0.3, -0.25) is 9.69 Å². The average Bonchev–Trinajstić information content (AvgIpc) is 3.54. The van der Waals surface area contributed by atoms with Gasteiger partial charge in [-0.2, -0.15) is 0 Å². The highest BCUT2D eigenvalue weighted by Crippen LogP contribution is 2.28. The van der Waals surface area contributed by atoms with Crippen molar-refractivity contribution < 1.29 is 9.53 Å². The molecule has 158 valence electrons. The van der Waals surface area contributed by atoms with Crippen LogP contribution in [0.5, 0.6) is 0 Å². The van der Waals surface area contributed by atoms with E-state index in [-0.39, 0.29) is 18.0 Å². The van der Waals surface area contributed by atoms with Gasteiger partial charge in [0.25, 0.3) is 0 Å². The third-order valence-corrected chi connectivity index (χ3v) is 5.86. The van der Waals surface area contributed by atoms with Crippen LogP contribution < -0.4 is 5.32 Å². The van der Waals surface area contributed by atoms with E-state index >= 15 is 0 Å². The number of carbonyl (C=O) groups excluding carboxylic acids is 1. The number of nitrogens with zero attached hydrogens (tertiary/aromatic N) is 5. The minimum atomic E-state index is -0.265. The van der Waals surface area contributed by atoms with Gasteiger partial charge in [-0.25, -0.2) is 4.68 Å². The van der Waals surface area contributed by atoms with Gasteiger partial charge in [0.1, 0.15) is 6.33 Å². The fourth-order valence-corrected chi connectivity index (χ4v) is 4.24. The Hall–Kier alpha value is -3.36. The maximum absolute atomic E-state index is 13.2. The van der Waals surface area contributed by atoms with Crippen molar-refractivity contribution in [2.24, 2.45) is 0 Å². The predicted molar refractivity (Wildman–Crippen MR) is 116 cm³/mol. The number of benzene rings is 2. The molecule has 2 aliphatic rings. The van der Waals surface area contributed by atoms with Gasteiger partial charge < -0.3 is 10.1 Å². The summed E-state index contributed by atoms with van der Waals surface area (Å²) in [7, 11) is 0. The molecule has 1 amide bonds. The molecule has 31 heavy (non-hydrogen) atoms. The van der Waals surface area contributed by atoms with Crippen LogP contribution in [-0.2, 0) is 22.7 Å². The van der Waals surface area contributed by atoms with Gasteiger partial charge in [0.15, 0.2) is 0 Å². The van der Waals surface area contributed by atoms with E-state index in [0.717, 1.165) is 16.8 Å². The number of fused-ring (bicyclic) bond motifs is 1. The van der Waals surface area contributed by atoms with Crippen LogP contribution in [0.25, 0.3) is 6.08 Å². The summed E-state index contributed by atoms with van der Waals surface area (Å²) in [6, 6.07) is 15.9. The van der Waals surface area contributed by atoms with Gasteiger partial charge in [0, 0.05) is 18.8 Å². The Morgan fingerprint density at radius 3 is 2.87 bits per heavy atom. The molecule has 0 unspecified atom stereocenters. The van der Waals surface area contributed by atoms with Crippen LogP contribution in [-0.4, -0.2) is 50.1 Å². The van der Waals surface area contributed by atoms with Crippen molar-refractivity contribution in [1.82, 2.24) is 25.1 Å². The molecule has 3 heterocycles. The van der Waals surface area contributed by atoms with Crippen molar-refractivity contribution in [3.8, 4) is 0 Å². The van der Waals surface area contributed by atoms with Gasteiger partial charge in [-0.15, -0.1) is 5.10 Å². The molecule has 2 aromatic carbocycles. The second kappa shape index (κ2) is 8.79. The molecule has 5 rings (SSSR count). The summed E-state index contributed by atoms with van der Waals surface area (Å²) >= 11 is 0. The Morgan fingerprint density at radius 1 is 1.16 bits per heavy atom. The number of amides is 1. The van der Waals surface area contributed by atoms with Crippen molar-refractivity contribution in [3.05, 3.63) is 77.6 Å². The van der Waals surface area contributed by atoms with Crippen LogP contribution in [0.2, 0.25) is 0 Å². The minimum Gasteiger partial charge on any atom is -0.372 e. The zero-order valence-electron chi connectivity index (χ0n) is 17.1. The van der Waals surface area contributed by atoms with Crippen LogP contribution in [0.4, 0.5) is 5.69 Å². The zero-order valence-corrected chi connectivity index (χ0v) is 17.1. The molecule has 8 nitrogen and oxygen atoms in total. The van der Waals surface area contributed by atoms with Crippen molar-refractivity contribution in [3.63, 3.8) is 0 Å². The highest BCUT2D eigenvalue weighted by Gasteiger charge is 2.37. The molecule has 1 aromatic heterocycles. The second-order valence-corrected chi connectivity index (χ2v) is 7.93. The highest BCUT2D eigenvalue weighted by molar-refractivity contribution is 5.95. The van der Waals surface area contributed by atoms with Gasteiger partial charge >= 0.3 is 0 Å². The highest BCUT2D eigenvalue weighted by atomic mass is 16.5. The van der Waals surface area contributed by atoms with E-state index in [4.69, 9.17) is 4.74 Å². The van der Waals surface area contributed by atoms with Crippen molar-refractivity contribution >= 4 is 17.7 Å². The number of hydrogen-bond donors (Lipinski definition) is 1. The van der Waals surface area contributed by atoms with Crippen LogP contribution >= 0.6 is 0 Å². The monoisotopic (exact) mass is 416 g/mol. The molecule has 2 atom stereocenters. The summed E-state index contributed by atoms with van der Waals surface area (Å²) in [5, 5.41) is 14.6.